The standard InChI is InChI=1S/C7H14BCl/c8-7(9)5-3-1-2-4-6-7/h1-6,8H2. The minimum absolute atomic E-state index is 0.135. The van der Waals surface area contributed by atoms with Crippen molar-refractivity contribution in [1.82, 2.24) is 0 Å². The molecule has 0 saturated heterocycles. The molecule has 9 heavy (non-hydrogen) atoms. The van der Waals surface area contributed by atoms with Gasteiger partial charge in [0.2, 0.25) is 0 Å². The molecule has 0 unspecified atom stereocenters. The van der Waals surface area contributed by atoms with E-state index in [0.29, 0.717) is 0 Å². The third-order valence-corrected chi connectivity index (χ3v) is 2.52. The summed E-state index contributed by atoms with van der Waals surface area (Å²) in [5, 5.41) is 0. The van der Waals surface area contributed by atoms with Crippen LogP contribution in [0.15, 0.2) is 0 Å². The van der Waals surface area contributed by atoms with Gasteiger partial charge in [0.05, 0.1) is 0 Å². The molecular weight excluding hydrogens is 130 g/mol. The predicted molar refractivity (Wildman–Crippen MR) is 44.8 cm³/mol. The second kappa shape index (κ2) is 2.96. The topological polar surface area (TPSA) is 0 Å². The predicted octanol–water partition coefficient (Wildman–Crippen LogP) is 1.91. The Morgan fingerprint density at radius 3 is 1.89 bits per heavy atom. The Kier molecular flexibility index (Phi) is 2.45. The fourth-order valence-electron chi connectivity index (χ4n) is 1.47. The molecule has 0 nitrogen and oxygen atoms in total. The Balaban J connectivity index is 2.36. The molecule has 0 aromatic rings. The largest absolute Gasteiger partial charge is 0.129 e. The van der Waals surface area contributed by atoms with Crippen molar-refractivity contribution in [3.63, 3.8) is 0 Å². The second-order valence-corrected chi connectivity index (χ2v) is 4.24. The molecule has 1 saturated carbocycles. The second-order valence-electron chi connectivity index (χ2n) is 3.33. The van der Waals surface area contributed by atoms with E-state index >= 15 is 0 Å². The average Bonchev–Trinajstić information content (AvgIpc) is 1.92. The fourth-order valence-corrected chi connectivity index (χ4v) is 1.73. The normalized spacial score (nSPS) is 27.2. The van der Waals surface area contributed by atoms with E-state index in [1.165, 1.54) is 38.5 Å². The number of halogens is 1. The quantitative estimate of drug-likeness (QED) is 0.277. The van der Waals surface area contributed by atoms with Gasteiger partial charge in [-0.05, 0) is 12.8 Å². The van der Waals surface area contributed by atoms with Gasteiger partial charge in [-0.1, -0.05) is 25.7 Å². The molecule has 2 heteroatoms. The van der Waals surface area contributed by atoms with Crippen LogP contribution in [0.1, 0.15) is 38.5 Å². The van der Waals surface area contributed by atoms with Crippen molar-refractivity contribution in [3.8, 4) is 0 Å². The Hall–Kier alpha value is 0.355. The van der Waals surface area contributed by atoms with Gasteiger partial charge in [-0.15, -0.1) is 11.6 Å². The zero-order valence-electron chi connectivity index (χ0n) is 6.12. The van der Waals surface area contributed by atoms with Gasteiger partial charge in [0.1, 0.15) is 7.85 Å². The molecule has 0 aromatic heterocycles. The smallest absolute Gasteiger partial charge is 0.128 e. The molecule has 0 heterocycles. The van der Waals surface area contributed by atoms with Crippen LogP contribution in [0.5, 0.6) is 0 Å². The van der Waals surface area contributed by atoms with E-state index in [2.05, 4.69) is 7.85 Å². The first kappa shape index (κ1) is 7.46. The van der Waals surface area contributed by atoms with E-state index in [0.717, 1.165) is 0 Å². The van der Waals surface area contributed by atoms with Crippen molar-refractivity contribution in [2.45, 2.75) is 43.3 Å². The van der Waals surface area contributed by atoms with Crippen LogP contribution in [0, 0.1) is 0 Å². The number of alkyl halides is 1. The maximum absolute atomic E-state index is 6.18. The van der Waals surface area contributed by atoms with Gasteiger partial charge < -0.3 is 0 Å². The maximum Gasteiger partial charge on any atom is 0.128 e. The molecule has 0 aliphatic heterocycles. The number of rotatable bonds is 0. The lowest BCUT2D eigenvalue weighted by Crippen LogP contribution is -2.19. The van der Waals surface area contributed by atoms with E-state index in [-0.39, 0.29) is 4.77 Å². The summed E-state index contributed by atoms with van der Waals surface area (Å²) in [6.07, 6.45) is 7.88. The molecule has 0 radical (unpaired) electrons. The third kappa shape index (κ3) is 2.62. The molecule has 1 rings (SSSR count). The third-order valence-electron chi connectivity index (χ3n) is 2.15. The molecule has 1 fully saturated rings. The minimum Gasteiger partial charge on any atom is -0.129 e. The molecule has 1 aliphatic rings. The van der Waals surface area contributed by atoms with E-state index in [1.54, 1.807) is 0 Å². The number of hydrogen-bond acceptors (Lipinski definition) is 0. The zero-order chi connectivity index (χ0) is 6.74. The van der Waals surface area contributed by atoms with Gasteiger partial charge >= 0.3 is 0 Å². The molecule has 52 valence electrons. The van der Waals surface area contributed by atoms with Gasteiger partial charge in [0.15, 0.2) is 0 Å². The van der Waals surface area contributed by atoms with Gasteiger partial charge in [-0.3, -0.25) is 0 Å². The summed E-state index contributed by atoms with van der Waals surface area (Å²) >= 11 is 6.18. The molecule has 0 spiro atoms. The fraction of sp³-hybridized carbons (Fsp3) is 1.00. The molecule has 0 bridgehead atoms. The van der Waals surface area contributed by atoms with E-state index in [9.17, 15) is 0 Å². The van der Waals surface area contributed by atoms with Crippen LogP contribution in [0.4, 0.5) is 0 Å². The first-order chi connectivity index (χ1) is 4.21. The van der Waals surface area contributed by atoms with E-state index < -0.39 is 0 Å². The molecule has 0 amide bonds. The highest BCUT2D eigenvalue weighted by Crippen LogP contribution is 2.29. The molecular formula is C7H14BCl. The maximum atomic E-state index is 6.18. The lowest BCUT2D eigenvalue weighted by Gasteiger charge is -2.17. The van der Waals surface area contributed by atoms with Crippen LogP contribution in [-0.2, 0) is 0 Å². The average molecular weight is 144 g/mol. The highest BCUT2D eigenvalue weighted by Gasteiger charge is 2.21. The van der Waals surface area contributed by atoms with Gasteiger partial charge in [-0.2, -0.15) is 0 Å². The Bertz CT molecular complexity index is 80.9. The van der Waals surface area contributed by atoms with Crippen LogP contribution in [-0.4, -0.2) is 12.6 Å². The van der Waals surface area contributed by atoms with Gasteiger partial charge in [0, 0.05) is 4.77 Å². The van der Waals surface area contributed by atoms with Crippen LogP contribution in [0.2, 0.25) is 0 Å². The summed E-state index contributed by atoms with van der Waals surface area (Å²) in [7, 11) is 2.17. The molecule has 0 N–H and O–H groups in total. The summed E-state index contributed by atoms with van der Waals surface area (Å²) in [4.78, 5) is 0. The first-order valence-electron chi connectivity index (χ1n) is 3.90. The Morgan fingerprint density at radius 1 is 1.00 bits per heavy atom. The lowest BCUT2D eigenvalue weighted by molar-refractivity contribution is 0.654. The lowest BCUT2D eigenvalue weighted by atomic mass is 9.80. The van der Waals surface area contributed by atoms with Crippen LogP contribution in [0.25, 0.3) is 0 Å². The molecule has 0 aromatic carbocycles. The first-order valence-corrected chi connectivity index (χ1v) is 4.27. The summed E-state index contributed by atoms with van der Waals surface area (Å²) < 4.78 is 0.135. The highest BCUT2D eigenvalue weighted by molar-refractivity contribution is 6.44. The molecule has 1 aliphatic carbocycles. The summed E-state index contributed by atoms with van der Waals surface area (Å²) in [6.45, 7) is 0. The van der Waals surface area contributed by atoms with Crippen molar-refractivity contribution in [2.24, 2.45) is 0 Å². The van der Waals surface area contributed by atoms with Crippen molar-refractivity contribution in [1.29, 1.82) is 0 Å². The van der Waals surface area contributed by atoms with Crippen LogP contribution >= 0.6 is 11.6 Å². The van der Waals surface area contributed by atoms with Crippen molar-refractivity contribution >= 4 is 19.4 Å². The highest BCUT2D eigenvalue weighted by atomic mass is 35.5. The minimum atomic E-state index is 0.135. The van der Waals surface area contributed by atoms with Crippen LogP contribution in [0.3, 0.4) is 0 Å². The summed E-state index contributed by atoms with van der Waals surface area (Å²) in [5.74, 6) is 0. The van der Waals surface area contributed by atoms with Crippen molar-refractivity contribution < 1.29 is 0 Å². The Labute approximate surface area is 63.4 Å². The number of hydrogen-bond donors (Lipinski definition) is 0. The van der Waals surface area contributed by atoms with Crippen molar-refractivity contribution in [2.75, 3.05) is 0 Å². The summed E-state index contributed by atoms with van der Waals surface area (Å²) in [6, 6.07) is 0. The SMILES string of the molecule is BC1(Cl)CCCCCC1. The summed E-state index contributed by atoms with van der Waals surface area (Å²) in [5.41, 5.74) is 0. The van der Waals surface area contributed by atoms with Gasteiger partial charge in [-0.25, -0.2) is 0 Å². The zero-order valence-corrected chi connectivity index (χ0v) is 6.88. The van der Waals surface area contributed by atoms with Gasteiger partial charge in [0.25, 0.3) is 0 Å². The van der Waals surface area contributed by atoms with Crippen molar-refractivity contribution in [3.05, 3.63) is 0 Å². The molecule has 0 atom stereocenters. The van der Waals surface area contributed by atoms with Crippen LogP contribution < -0.4 is 0 Å². The van der Waals surface area contributed by atoms with E-state index in [4.69, 9.17) is 11.6 Å². The monoisotopic (exact) mass is 144 g/mol. The van der Waals surface area contributed by atoms with E-state index in [1.807, 2.05) is 0 Å². The Morgan fingerprint density at radius 2 is 1.44 bits per heavy atom.